The second kappa shape index (κ2) is 6.14. The molecule has 0 aromatic rings. The van der Waals surface area contributed by atoms with E-state index in [0.29, 0.717) is 5.41 Å². The molecule has 22 heavy (non-hydrogen) atoms. The summed E-state index contributed by atoms with van der Waals surface area (Å²) in [5, 5.41) is 0. The van der Waals surface area contributed by atoms with Crippen molar-refractivity contribution >= 4 is 0 Å². The Kier molecular flexibility index (Phi) is 4.33. The smallest absolute Gasteiger partial charge is 0.0298 e. The van der Waals surface area contributed by atoms with Gasteiger partial charge in [-0.2, -0.15) is 0 Å². The van der Waals surface area contributed by atoms with E-state index in [4.69, 9.17) is 0 Å². The maximum atomic E-state index is 2.64. The van der Waals surface area contributed by atoms with Crippen LogP contribution in [-0.2, 0) is 0 Å². The molecule has 4 aliphatic rings. The SMILES string of the molecule is CC(C1CCC2C(CC3CCCCC32)C1)C1(C)CCCCC1. The van der Waals surface area contributed by atoms with Gasteiger partial charge < -0.3 is 0 Å². The maximum absolute atomic E-state index is 2.64. The van der Waals surface area contributed by atoms with Crippen molar-refractivity contribution in [3.8, 4) is 0 Å². The minimum Gasteiger partial charge on any atom is -0.0617 e. The maximum Gasteiger partial charge on any atom is -0.0298 e. The molecule has 0 spiro atoms. The number of rotatable bonds is 2. The van der Waals surface area contributed by atoms with Gasteiger partial charge in [-0.25, -0.2) is 0 Å². The lowest BCUT2D eigenvalue weighted by molar-refractivity contribution is 0.0393. The fourth-order valence-electron chi connectivity index (χ4n) is 7.48. The summed E-state index contributed by atoms with van der Waals surface area (Å²) in [5.41, 5.74) is 0.682. The summed E-state index contributed by atoms with van der Waals surface area (Å²) in [6.45, 7) is 5.27. The lowest BCUT2D eigenvalue weighted by Gasteiger charge is -2.46. The monoisotopic (exact) mass is 302 g/mol. The molecule has 0 nitrogen and oxygen atoms in total. The average molecular weight is 303 g/mol. The molecule has 4 fully saturated rings. The van der Waals surface area contributed by atoms with Gasteiger partial charge in [-0.3, -0.25) is 0 Å². The summed E-state index contributed by atoms with van der Waals surface area (Å²) in [5.74, 6) is 6.61. The Balaban J connectivity index is 1.41. The Morgan fingerprint density at radius 3 is 2.27 bits per heavy atom. The molecule has 0 saturated heterocycles. The fraction of sp³-hybridized carbons (Fsp3) is 1.00. The summed E-state index contributed by atoms with van der Waals surface area (Å²) in [6, 6.07) is 0. The average Bonchev–Trinajstić information content (AvgIpc) is 2.92. The molecule has 6 unspecified atom stereocenters. The third-order valence-corrected chi connectivity index (χ3v) is 9.01. The first kappa shape index (κ1) is 15.5. The lowest BCUT2D eigenvalue weighted by Crippen LogP contribution is -2.37. The number of fused-ring (bicyclic) bond motifs is 3. The van der Waals surface area contributed by atoms with E-state index >= 15 is 0 Å². The van der Waals surface area contributed by atoms with Crippen LogP contribution in [0.15, 0.2) is 0 Å². The molecule has 6 atom stereocenters. The first-order valence-electron chi connectivity index (χ1n) is 10.7. The first-order valence-corrected chi connectivity index (χ1v) is 10.7. The molecule has 0 aromatic carbocycles. The summed E-state index contributed by atoms with van der Waals surface area (Å²) in [4.78, 5) is 0. The highest BCUT2D eigenvalue weighted by Crippen LogP contribution is 2.58. The third-order valence-electron chi connectivity index (χ3n) is 9.01. The molecule has 126 valence electrons. The topological polar surface area (TPSA) is 0 Å². The molecule has 0 bridgehead atoms. The van der Waals surface area contributed by atoms with Gasteiger partial charge >= 0.3 is 0 Å². The van der Waals surface area contributed by atoms with Crippen molar-refractivity contribution in [2.45, 2.75) is 97.3 Å². The summed E-state index contributed by atoms with van der Waals surface area (Å²) in [6.07, 6.45) is 20.2. The largest absolute Gasteiger partial charge is 0.0617 e. The van der Waals surface area contributed by atoms with Crippen LogP contribution in [0.1, 0.15) is 97.3 Å². The van der Waals surface area contributed by atoms with E-state index in [-0.39, 0.29) is 0 Å². The highest BCUT2D eigenvalue weighted by molar-refractivity contribution is 4.98. The fourth-order valence-corrected chi connectivity index (χ4v) is 7.48. The summed E-state index contributed by atoms with van der Waals surface area (Å²) in [7, 11) is 0. The van der Waals surface area contributed by atoms with Gasteiger partial charge in [0.15, 0.2) is 0 Å². The predicted molar refractivity (Wildman–Crippen MR) is 94.7 cm³/mol. The van der Waals surface area contributed by atoms with E-state index < -0.39 is 0 Å². The van der Waals surface area contributed by atoms with E-state index in [9.17, 15) is 0 Å². The van der Waals surface area contributed by atoms with Crippen molar-refractivity contribution in [1.29, 1.82) is 0 Å². The minimum atomic E-state index is 0.682. The van der Waals surface area contributed by atoms with Crippen LogP contribution < -0.4 is 0 Å². The zero-order valence-corrected chi connectivity index (χ0v) is 15.2. The molecule has 4 rings (SSSR count). The molecule has 0 aromatic heterocycles. The molecule has 0 radical (unpaired) electrons. The molecule has 0 heteroatoms. The zero-order chi connectivity index (χ0) is 15.2. The van der Waals surface area contributed by atoms with E-state index in [1.165, 1.54) is 32.1 Å². The van der Waals surface area contributed by atoms with Crippen LogP contribution in [-0.4, -0.2) is 0 Å². The highest BCUT2D eigenvalue weighted by atomic mass is 14.5. The van der Waals surface area contributed by atoms with Crippen LogP contribution in [0.2, 0.25) is 0 Å². The van der Waals surface area contributed by atoms with Crippen molar-refractivity contribution in [2.75, 3.05) is 0 Å². The number of hydrogen-bond donors (Lipinski definition) is 0. The van der Waals surface area contributed by atoms with E-state index in [0.717, 1.165) is 35.5 Å². The summed E-state index contributed by atoms with van der Waals surface area (Å²) < 4.78 is 0. The van der Waals surface area contributed by atoms with E-state index in [1.807, 2.05) is 0 Å². The van der Waals surface area contributed by atoms with Gasteiger partial charge in [0.2, 0.25) is 0 Å². The van der Waals surface area contributed by atoms with Crippen LogP contribution in [0.3, 0.4) is 0 Å². The van der Waals surface area contributed by atoms with Gasteiger partial charge in [0.1, 0.15) is 0 Å². The van der Waals surface area contributed by atoms with Gasteiger partial charge in [0, 0.05) is 0 Å². The van der Waals surface area contributed by atoms with Crippen molar-refractivity contribution < 1.29 is 0 Å². The van der Waals surface area contributed by atoms with Crippen molar-refractivity contribution in [1.82, 2.24) is 0 Å². The molecule has 0 amide bonds. The quantitative estimate of drug-likeness (QED) is 0.524. The Bertz CT molecular complexity index is 377. The van der Waals surface area contributed by atoms with Gasteiger partial charge in [0.05, 0.1) is 0 Å². The van der Waals surface area contributed by atoms with E-state index in [1.54, 1.807) is 51.4 Å². The molecule has 0 N–H and O–H groups in total. The lowest BCUT2D eigenvalue weighted by atomic mass is 9.59. The molecule has 4 saturated carbocycles. The summed E-state index contributed by atoms with van der Waals surface area (Å²) >= 11 is 0. The van der Waals surface area contributed by atoms with Crippen molar-refractivity contribution in [2.24, 2.45) is 40.9 Å². The first-order chi connectivity index (χ1) is 10.7. The zero-order valence-electron chi connectivity index (χ0n) is 15.2. The molecule has 0 heterocycles. The highest BCUT2D eigenvalue weighted by Gasteiger charge is 2.48. The Hall–Kier alpha value is 0. The molecular weight excluding hydrogens is 264 g/mol. The van der Waals surface area contributed by atoms with Crippen LogP contribution in [0.5, 0.6) is 0 Å². The Labute approximate surface area is 138 Å². The second-order valence-corrected chi connectivity index (χ2v) is 9.94. The van der Waals surface area contributed by atoms with Crippen molar-refractivity contribution in [3.63, 3.8) is 0 Å². The Morgan fingerprint density at radius 1 is 0.727 bits per heavy atom. The van der Waals surface area contributed by atoms with Gasteiger partial charge in [0.25, 0.3) is 0 Å². The van der Waals surface area contributed by atoms with Crippen LogP contribution in [0.4, 0.5) is 0 Å². The molecular formula is C22H38. The minimum absolute atomic E-state index is 0.682. The van der Waals surface area contributed by atoms with E-state index in [2.05, 4.69) is 13.8 Å². The van der Waals surface area contributed by atoms with Crippen LogP contribution in [0.25, 0.3) is 0 Å². The molecule has 4 aliphatic carbocycles. The van der Waals surface area contributed by atoms with Gasteiger partial charge in [-0.1, -0.05) is 52.4 Å². The Morgan fingerprint density at radius 2 is 1.45 bits per heavy atom. The molecule has 0 aliphatic heterocycles. The van der Waals surface area contributed by atoms with Crippen molar-refractivity contribution in [3.05, 3.63) is 0 Å². The van der Waals surface area contributed by atoms with Crippen LogP contribution in [0, 0.1) is 40.9 Å². The van der Waals surface area contributed by atoms with Gasteiger partial charge in [-0.15, -0.1) is 0 Å². The standard InChI is InChI=1S/C22H38/c1-16(22(2)12-6-3-7-13-22)17-10-11-21-19(14-17)15-18-8-4-5-9-20(18)21/h16-21H,3-15H2,1-2H3. The number of hydrogen-bond acceptors (Lipinski definition) is 0. The third kappa shape index (κ3) is 2.67. The second-order valence-electron chi connectivity index (χ2n) is 9.94. The normalized spacial score (nSPS) is 45.8. The predicted octanol–water partition coefficient (Wildman–Crippen LogP) is 6.84. The van der Waals surface area contributed by atoms with Crippen LogP contribution >= 0.6 is 0 Å². The van der Waals surface area contributed by atoms with Gasteiger partial charge in [-0.05, 0) is 85.9 Å².